The summed E-state index contributed by atoms with van der Waals surface area (Å²) in [5.74, 6) is -2.32. The number of para-hydroxylation sites is 1. The quantitative estimate of drug-likeness (QED) is 0.647. The van der Waals surface area contributed by atoms with Crippen LogP contribution in [0.3, 0.4) is 0 Å². The molecule has 2 aromatic rings. The van der Waals surface area contributed by atoms with Gasteiger partial charge in [0.2, 0.25) is 0 Å². The second-order valence-corrected chi connectivity index (χ2v) is 6.13. The Labute approximate surface area is 163 Å². The first-order valence-corrected chi connectivity index (χ1v) is 8.51. The number of hydrogen-bond acceptors (Lipinski definition) is 5. The van der Waals surface area contributed by atoms with Gasteiger partial charge in [0.1, 0.15) is 18.1 Å². The van der Waals surface area contributed by atoms with E-state index in [1.54, 1.807) is 30.3 Å². The summed E-state index contributed by atoms with van der Waals surface area (Å²) in [6, 6.07) is 10.6. The highest BCUT2D eigenvalue weighted by Crippen LogP contribution is 2.19. The van der Waals surface area contributed by atoms with Crippen molar-refractivity contribution in [2.24, 2.45) is 0 Å². The van der Waals surface area contributed by atoms with E-state index in [0.717, 1.165) is 0 Å². The number of rotatable bonds is 7. The number of esters is 1. The molecule has 0 aliphatic heterocycles. The van der Waals surface area contributed by atoms with Crippen molar-refractivity contribution in [3.05, 3.63) is 58.3 Å². The molecule has 7 nitrogen and oxygen atoms in total. The summed E-state index contributed by atoms with van der Waals surface area (Å²) in [6.45, 7) is -1.05. The molecule has 0 atom stereocenters. The lowest BCUT2D eigenvalue weighted by atomic mass is 10.2. The Bertz CT molecular complexity index is 859. The minimum Gasteiger partial charge on any atom is -0.496 e. The molecule has 0 aliphatic carbocycles. The summed E-state index contributed by atoms with van der Waals surface area (Å²) in [6.07, 6.45) is 0. The maximum absolute atomic E-state index is 13.6. The summed E-state index contributed by atoms with van der Waals surface area (Å²) in [5.41, 5.74) is 0.222. The first-order valence-electron chi connectivity index (χ1n) is 7.72. The van der Waals surface area contributed by atoms with Gasteiger partial charge in [-0.3, -0.25) is 14.4 Å². The lowest BCUT2D eigenvalue weighted by Crippen LogP contribution is -2.32. The van der Waals surface area contributed by atoms with Gasteiger partial charge in [-0.2, -0.15) is 0 Å². The Balaban J connectivity index is 1.78. The molecule has 0 aromatic heterocycles. The molecule has 0 bridgehead atoms. The fourth-order valence-electron chi connectivity index (χ4n) is 2.05. The van der Waals surface area contributed by atoms with Crippen LogP contribution >= 0.6 is 15.9 Å². The molecule has 0 fully saturated rings. The first-order chi connectivity index (χ1) is 12.9. The molecule has 0 aliphatic rings. The lowest BCUT2D eigenvalue weighted by Gasteiger charge is -2.10. The molecule has 0 unspecified atom stereocenters. The summed E-state index contributed by atoms with van der Waals surface area (Å²) in [5, 5.41) is 4.65. The van der Waals surface area contributed by atoms with Gasteiger partial charge >= 0.3 is 5.97 Å². The third-order valence-electron chi connectivity index (χ3n) is 3.31. The van der Waals surface area contributed by atoms with Gasteiger partial charge in [0.25, 0.3) is 11.8 Å². The van der Waals surface area contributed by atoms with Crippen molar-refractivity contribution >= 4 is 39.4 Å². The van der Waals surface area contributed by atoms with Crippen LogP contribution in [0.4, 0.5) is 10.1 Å². The van der Waals surface area contributed by atoms with E-state index in [-0.39, 0.29) is 11.3 Å². The molecule has 0 heterocycles. The molecule has 2 aromatic carbocycles. The number of carbonyl (C=O) groups excluding carboxylic acids is 3. The maximum Gasteiger partial charge on any atom is 0.325 e. The van der Waals surface area contributed by atoms with E-state index < -0.39 is 36.8 Å². The average molecular weight is 439 g/mol. The van der Waals surface area contributed by atoms with Gasteiger partial charge in [-0.25, -0.2) is 4.39 Å². The molecule has 0 spiro atoms. The van der Waals surface area contributed by atoms with E-state index in [1.807, 2.05) is 0 Å². The van der Waals surface area contributed by atoms with Gasteiger partial charge in [-0.05, 0) is 30.3 Å². The molecular formula is C18H16BrFN2O5. The average Bonchev–Trinajstić information content (AvgIpc) is 2.66. The number of nitrogens with one attached hydrogen (secondary N) is 2. The highest BCUT2D eigenvalue weighted by atomic mass is 79.9. The minimum absolute atomic E-state index is 0.0382. The Kier molecular flexibility index (Phi) is 7.30. The van der Waals surface area contributed by atoms with E-state index in [9.17, 15) is 18.8 Å². The highest BCUT2D eigenvalue weighted by molar-refractivity contribution is 9.10. The largest absolute Gasteiger partial charge is 0.496 e. The van der Waals surface area contributed by atoms with Crippen LogP contribution in [0.2, 0.25) is 0 Å². The summed E-state index contributed by atoms with van der Waals surface area (Å²) < 4.78 is 24.0. The molecule has 2 N–H and O–H groups in total. The van der Waals surface area contributed by atoms with Gasteiger partial charge in [0.15, 0.2) is 6.61 Å². The third-order valence-corrected chi connectivity index (χ3v) is 3.81. The normalized spacial score (nSPS) is 10.0. The van der Waals surface area contributed by atoms with Gasteiger partial charge < -0.3 is 20.1 Å². The number of methoxy groups -OCH3 is 1. The second kappa shape index (κ2) is 9.67. The summed E-state index contributed by atoms with van der Waals surface area (Å²) in [4.78, 5) is 35.4. The molecule has 2 rings (SSSR count). The van der Waals surface area contributed by atoms with E-state index in [1.165, 1.54) is 19.2 Å². The molecule has 142 valence electrons. The number of amides is 2. The lowest BCUT2D eigenvalue weighted by molar-refractivity contribution is -0.146. The first kappa shape index (κ1) is 20.4. The molecule has 0 saturated heterocycles. The van der Waals surface area contributed by atoms with Crippen molar-refractivity contribution in [2.45, 2.75) is 0 Å². The predicted molar refractivity (Wildman–Crippen MR) is 99.0 cm³/mol. The van der Waals surface area contributed by atoms with Crippen LogP contribution in [-0.2, 0) is 14.3 Å². The van der Waals surface area contributed by atoms with Crippen molar-refractivity contribution in [1.82, 2.24) is 5.32 Å². The molecule has 2 amide bonds. The SMILES string of the molecule is COc1ccccc1C(=O)NCC(=O)OCC(=O)Nc1ccc(Br)cc1F. The van der Waals surface area contributed by atoms with Gasteiger partial charge in [-0.15, -0.1) is 0 Å². The maximum atomic E-state index is 13.6. The predicted octanol–water partition coefficient (Wildman–Crippen LogP) is 2.51. The topological polar surface area (TPSA) is 93.7 Å². The summed E-state index contributed by atoms with van der Waals surface area (Å²) >= 11 is 3.10. The minimum atomic E-state index is -0.815. The number of carbonyl (C=O) groups is 3. The van der Waals surface area contributed by atoms with Crippen LogP contribution in [0, 0.1) is 5.82 Å². The molecule has 0 radical (unpaired) electrons. The van der Waals surface area contributed by atoms with Crippen molar-refractivity contribution in [1.29, 1.82) is 0 Å². The summed E-state index contributed by atoms with van der Waals surface area (Å²) in [7, 11) is 1.42. The Morgan fingerprint density at radius 3 is 2.59 bits per heavy atom. The van der Waals surface area contributed by atoms with Gasteiger partial charge in [0, 0.05) is 4.47 Å². The number of anilines is 1. The molecule has 0 saturated carbocycles. The number of halogens is 2. The zero-order valence-electron chi connectivity index (χ0n) is 14.3. The standard InChI is InChI=1S/C18H16BrFN2O5/c1-26-15-5-3-2-4-12(15)18(25)21-9-17(24)27-10-16(23)22-14-7-6-11(19)8-13(14)20/h2-8H,9-10H2,1H3,(H,21,25)(H,22,23). The zero-order chi connectivity index (χ0) is 19.8. The van der Waals surface area contributed by atoms with Crippen LogP contribution < -0.4 is 15.4 Å². The number of ether oxygens (including phenoxy) is 2. The molecular weight excluding hydrogens is 423 g/mol. The van der Waals surface area contributed by atoms with Crippen molar-refractivity contribution < 1.29 is 28.2 Å². The van der Waals surface area contributed by atoms with Crippen molar-refractivity contribution in [3.63, 3.8) is 0 Å². The third kappa shape index (κ3) is 6.07. The van der Waals surface area contributed by atoms with Crippen LogP contribution in [0.1, 0.15) is 10.4 Å². The van der Waals surface area contributed by atoms with E-state index in [2.05, 4.69) is 26.6 Å². The highest BCUT2D eigenvalue weighted by Gasteiger charge is 2.14. The number of benzene rings is 2. The van der Waals surface area contributed by atoms with Crippen LogP contribution in [0.15, 0.2) is 46.9 Å². The Morgan fingerprint density at radius 1 is 1.15 bits per heavy atom. The van der Waals surface area contributed by atoms with Crippen molar-refractivity contribution in [3.8, 4) is 5.75 Å². The van der Waals surface area contributed by atoms with Crippen molar-refractivity contribution in [2.75, 3.05) is 25.6 Å². The fraction of sp³-hybridized carbons (Fsp3) is 0.167. The van der Waals surface area contributed by atoms with Crippen LogP contribution in [0.5, 0.6) is 5.75 Å². The molecule has 9 heteroatoms. The number of hydrogen-bond donors (Lipinski definition) is 2. The fourth-order valence-corrected chi connectivity index (χ4v) is 2.39. The van der Waals surface area contributed by atoms with E-state index in [4.69, 9.17) is 9.47 Å². The monoisotopic (exact) mass is 438 g/mol. The van der Waals surface area contributed by atoms with E-state index in [0.29, 0.717) is 10.2 Å². The van der Waals surface area contributed by atoms with Crippen LogP contribution in [-0.4, -0.2) is 38.0 Å². The Hall–Kier alpha value is -2.94. The van der Waals surface area contributed by atoms with Crippen LogP contribution in [0.25, 0.3) is 0 Å². The van der Waals surface area contributed by atoms with E-state index >= 15 is 0 Å². The van der Waals surface area contributed by atoms with Gasteiger partial charge in [0.05, 0.1) is 18.4 Å². The Morgan fingerprint density at radius 2 is 1.89 bits per heavy atom. The molecule has 27 heavy (non-hydrogen) atoms. The smallest absolute Gasteiger partial charge is 0.325 e. The second-order valence-electron chi connectivity index (χ2n) is 5.22. The zero-order valence-corrected chi connectivity index (χ0v) is 15.8. The van der Waals surface area contributed by atoms with Gasteiger partial charge in [-0.1, -0.05) is 28.1 Å².